The van der Waals surface area contributed by atoms with E-state index in [1.54, 1.807) is 24.5 Å². The third-order valence-electron chi connectivity index (χ3n) is 2.41. The molecule has 0 spiro atoms. The van der Waals surface area contributed by atoms with E-state index in [2.05, 4.69) is 21.8 Å². The second kappa shape index (κ2) is 5.09. The predicted octanol–water partition coefficient (Wildman–Crippen LogP) is 1.61. The number of hydrogen-bond donors (Lipinski definition) is 2. The Morgan fingerprint density at radius 2 is 2.11 bits per heavy atom. The minimum absolute atomic E-state index is 0.508. The zero-order valence-electron chi connectivity index (χ0n) is 9.63. The van der Waals surface area contributed by atoms with Crippen molar-refractivity contribution in [1.82, 2.24) is 15.2 Å². The number of nitrogens with two attached hydrogens (primary N) is 1. The third kappa shape index (κ3) is 2.35. The van der Waals surface area contributed by atoms with Gasteiger partial charge in [0.15, 0.2) is 0 Å². The molecule has 0 radical (unpaired) electrons. The summed E-state index contributed by atoms with van der Waals surface area (Å²) in [5.41, 5.74) is 8.23. The van der Waals surface area contributed by atoms with Crippen molar-refractivity contribution < 1.29 is 4.79 Å². The van der Waals surface area contributed by atoms with Gasteiger partial charge in [0.25, 0.3) is 0 Å². The van der Waals surface area contributed by atoms with Crippen LogP contribution in [-0.4, -0.2) is 21.1 Å². The first-order valence-corrected chi connectivity index (χ1v) is 5.31. The van der Waals surface area contributed by atoms with Gasteiger partial charge in [-0.2, -0.15) is 5.10 Å². The maximum absolute atomic E-state index is 10.8. The van der Waals surface area contributed by atoms with E-state index in [0.717, 1.165) is 22.5 Å². The average Bonchev–Trinajstić information content (AvgIpc) is 2.80. The topological polar surface area (TPSA) is 84.7 Å². The van der Waals surface area contributed by atoms with Gasteiger partial charge in [-0.15, -0.1) is 0 Å². The minimum atomic E-state index is -0.508. The van der Waals surface area contributed by atoms with Crippen LogP contribution in [0.1, 0.15) is 11.3 Å². The third-order valence-corrected chi connectivity index (χ3v) is 2.41. The lowest BCUT2D eigenvalue weighted by molar-refractivity contribution is -0.113. The Hall–Kier alpha value is -2.69. The van der Waals surface area contributed by atoms with Crippen molar-refractivity contribution in [2.75, 3.05) is 0 Å². The van der Waals surface area contributed by atoms with Crippen molar-refractivity contribution >= 4 is 18.1 Å². The van der Waals surface area contributed by atoms with Crippen LogP contribution in [0.4, 0.5) is 0 Å². The van der Waals surface area contributed by atoms with E-state index in [1.807, 2.05) is 12.1 Å². The maximum Gasteiger partial charge on any atom is 0.241 e. The number of nitrogens with one attached hydrogen (secondary N) is 1. The largest absolute Gasteiger partial charge is 0.366 e. The minimum Gasteiger partial charge on any atom is -0.366 e. The highest BCUT2D eigenvalue weighted by atomic mass is 16.1. The highest BCUT2D eigenvalue weighted by Gasteiger charge is 2.10. The summed E-state index contributed by atoms with van der Waals surface area (Å²) in [7, 11) is 0. The van der Waals surface area contributed by atoms with Gasteiger partial charge < -0.3 is 5.73 Å². The number of nitrogens with zero attached hydrogens (tertiary/aromatic N) is 2. The second-order valence-corrected chi connectivity index (χ2v) is 3.58. The van der Waals surface area contributed by atoms with Crippen LogP contribution in [0.25, 0.3) is 23.4 Å². The molecule has 0 saturated heterocycles. The van der Waals surface area contributed by atoms with Crippen molar-refractivity contribution in [3.05, 3.63) is 48.4 Å². The summed E-state index contributed by atoms with van der Waals surface area (Å²) < 4.78 is 0. The van der Waals surface area contributed by atoms with Gasteiger partial charge in [0.1, 0.15) is 5.69 Å². The second-order valence-electron chi connectivity index (χ2n) is 3.58. The number of H-pyrrole nitrogens is 1. The zero-order valence-corrected chi connectivity index (χ0v) is 9.63. The first kappa shape index (κ1) is 11.8. The molecule has 0 aromatic carbocycles. The summed E-state index contributed by atoms with van der Waals surface area (Å²) in [5.74, 6) is -0.508. The Balaban J connectivity index is 2.52. The molecule has 0 atom stereocenters. The van der Waals surface area contributed by atoms with E-state index in [0.29, 0.717) is 0 Å². The summed E-state index contributed by atoms with van der Waals surface area (Å²) in [6.07, 6.45) is 7.91. The molecular weight excluding hydrogens is 228 g/mol. The molecule has 0 saturated carbocycles. The van der Waals surface area contributed by atoms with E-state index in [-0.39, 0.29) is 0 Å². The summed E-state index contributed by atoms with van der Waals surface area (Å²) in [4.78, 5) is 14.8. The van der Waals surface area contributed by atoms with Crippen molar-refractivity contribution in [3.63, 3.8) is 0 Å². The van der Waals surface area contributed by atoms with Crippen molar-refractivity contribution in [3.8, 4) is 11.3 Å². The Bertz CT molecular complexity index is 599. The van der Waals surface area contributed by atoms with Crippen molar-refractivity contribution in [2.24, 2.45) is 5.73 Å². The highest BCUT2D eigenvalue weighted by molar-refractivity contribution is 5.92. The molecule has 0 aliphatic carbocycles. The molecule has 2 aromatic rings. The molecule has 0 unspecified atom stereocenters. The Labute approximate surface area is 104 Å². The Morgan fingerprint density at radius 3 is 2.72 bits per heavy atom. The van der Waals surface area contributed by atoms with Crippen LogP contribution in [0.15, 0.2) is 37.2 Å². The number of aromatic amines is 1. The first-order valence-electron chi connectivity index (χ1n) is 5.31. The van der Waals surface area contributed by atoms with Gasteiger partial charge in [-0.25, -0.2) is 0 Å². The van der Waals surface area contributed by atoms with Gasteiger partial charge in [-0.3, -0.25) is 14.9 Å². The van der Waals surface area contributed by atoms with E-state index in [1.165, 1.54) is 6.08 Å². The average molecular weight is 240 g/mol. The zero-order chi connectivity index (χ0) is 13.0. The van der Waals surface area contributed by atoms with Crippen LogP contribution in [0.2, 0.25) is 0 Å². The van der Waals surface area contributed by atoms with Gasteiger partial charge in [0.2, 0.25) is 5.91 Å². The van der Waals surface area contributed by atoms with Gasteiger partial charge in [0, 0.05) is 29.6 Å². The smallest absolute Gasteiger partial charge is 0.241 e. The van der Waals surface area contributed by atoms with E-state index in [9.17, 15) is 4.79 Å². The van der Waals surface area contributed by atoms with Gasteiger partial charge in [-0.1, -0.05) is 6.58 Å². The molecule has 0 bridgehead atoms. The van der Waals surface area contributed by atoms with Gasteiger partial charge in [0.05, 0.1) is 5.69 Å². The Morgan fingerprint density at radius 1 is 1.39 bits per heavy atom. The van der Waals surface area contributed by atoms with E-state index >= 15 is 0 Å². The predicted molar refractivity (Wildman–Crippen MR) is 70.1 cm³/mol. The number of rotatable bonds is 4. The molecule has 0 fully saturated rings. The van der Waals surface area contributed by atoms with Crippen LogP contribution >= 0.6 is 0 Å². The molecule has 1 amide bonds. The fourth-order valence-corrected chi connectivity index (χ4v) is 1.58. The van der Waals surface area contributed by atoms with Crippen LogP contribution in [-0.2, 0) is 4.79 Å². The van der Waals surface area contributed by atoms with Gasteiger partial charge >= 0.3 is 0 Å². The fraction of sp³-hybridized carbons (Fsp3) is 0. The number of amides is 1. The molecule has 5 heteroatoms. The molecular formula is C13H12N4O. The summed E-state index contributed by atoms with van der Waals surface area (Å²) in [6.45, 7) is 3.69. The molecule has 18 heavy (non-hydrogen) atoms. The maximum atomic E-state index is 10.8. The number of carbonyl (C=O) groups excluding carboxylic acids is 1. The summed E-state index contributed by atoms with van der Waals surface area (Å²) in [5, 5.41) is 7.06. The number of carbonyl (C=O) groups is 1. The van der Waals surface area contributed by atoms with Crippen molar-refractivity contribution in [2.45, 2.75) is 0 Å². The van der Waals surface area contributed by atoms with Gasteiger partial charge in [-0.05, 0) is 24.3 Å². The number of primary amides is 1. The summed E-state index contributed by atoms with van der Waals surface area (Å²) >= 11 is 0. The lowest BCUT2D eigenvalue weighted by atomic mass is 10.1. The normalized spacial score (nSPS) is 10.7. The fourth-order valence-electron chi connectivity index (χ4n) is 1.58. The standard InChI is InChI=1S/C13H12N4O/c1-2-11-10(3-4-12(14)18)13(17-16-11)9-5-7-15-8-6-9/h2-8H,1H2,(H2,14,18)(H,16,17)/b4-3+. The molecule has 90 valence electrons. The molecule has 2 rings (SSSR count). The number of hydrogen-bond acceptors (Lipinski definition) is 3. The highest BCUT2D eigenvalue weighted by Crippen LogP contribution is 2.25. The van der Waals surface area contributed by atoms with Crippen LogP contribution in [0, 0.1) is 0 Å². The van der Waals surface area contributed by atoms with E-state index in [4.69, 9.17) is 5.73 Å². The molecule has 2 aromatic heterocycles. The SMILES string of the molecule is C=Cc1[nH]nc(-c2ccncc2)c1/C=C/C(N)=O. The van der Waals surface area contributed by atoms with Crippen LogP contribution < -0.4 is 5.73 Å². The quantitative estimate of drug-likeness (QED) is 0.796. The van der Waals surface area contributed by atoms with E-state index < -0.39 is 5.91 Å². The van der Waals surface area contributed by atoms with Crippen LogP contribution in [0.5, 0.6) is 0 Å². The van der Waals surface area contributed by atoms with Crippen LogP contribution in [0.3, 0.4) is 0 Å². The molecule has 0 aliphatic rings. The first-order chi connectivity index (χ1) is 8.72. The number of aromatic nitrogens is 3. The number of pyridine rings is 1. The molecule has 0 aliphatic heterocycles. The summed E-state index contributed by atoms with van der Waals surface area (Å²) in [6, 6.07) is 3.68. The molecule has 5 nitrogen and oxygen atoms in total. The van der Waals surface area contributed by atoms with Crippen molar-refractivity contribution in [1.29, 1.82) is 0 Å². The Kier molecular flexibility index (Phi) is 3.33. The lowest BCUT2D eigenvalue weighted by Crippen LogP contribution is -2.05. The monoisotopic (exact) mass is 240 g/mol. The molecule has 3 N–H and O–H groups in total. The lowest BCUT2D eigenvalue weighted by Gasteiger charge is -1.98. The molecule has 2 heterocycles.